The fraction of sp³-hybridized carbons (Fsp3) is 0.900. The molecule has 1 unspecified atom stereocenters. The molecular formula is C10H19F2N3O. The summed E-state index contributed by atoms with van der Waals surface area (Å²) < 4.78 is 23.9. The van der Waals surface area contributed by atoms with Crippen LogP contribution in [0.2, 0.25) is 0 Å². The number of alkyl halides is 2. The third-order valence-corrected chi connectivity index (χ3v) is 2.70. The van der Waals surface area contributed by atoms with Gasteiger partial charge in [-0.1, -0.05) is 19.3 Å². The summed E-state index contributed by atoms with van der Waals surface area (Å²) in [6, 6.07) is 0.293. The van der Waals surface area contributed by atoms with Crippen LogP contribution in [0, 0.1) is 0 Å². The minimum Gasteiger partial charge on any atom is -0.385 e. The Balaban J connectivity index is 2.27. The number of aliphatic hydroxyl groups is 1. The summed E-state index contributed by atoms with van der Waals surface area (Å²) in [4.78, 5) is 3.69. The lowest BCUT2D eigenvalue weighted by Crippen LogP contribution is -2.41. The predicted molar refractivity (Wildman–Crippen MR) is 58.5 cm³/mol. The van der Waals surface area contributed by atoms with Gasteiger partial charge in [-0.2, -0.15) is 0 Å². The van der Waals surface area contributed by atoms with E-state index in [4.69, 9.17) is 10.8 Å². The Bertz CT molecular complexity index is 230. The number of halogens is 2. The van der Waals surface area contributed by atoms with Crippen molar-refractivity contribution < 1.29 is 13.9 Å². The molecule has 0 aromatic heterocycles. The Labute approximate surface area is 93.9 Å². The minimum atomic E-state index is -2.77. The smallest absolute Gasteiger partial charge is 0.265 e. The van der Waals surface area contributed by atoms with Gasteiger partial charge in [0.15, 0.2) is 5.96 Å². The zero-order valence-corrected chi connectivity index (χ0v) is 9.20. The van der Waals surface area contributed by atoms with E-state index in [1.54, 1.807) is 0 Å². The lowest BCUT2D eigenvalue weighted by atomic mass is 9.96. The molecular weight excluding hydrogens is 216 g/mol. The molecule has 0 saturated heterocycles. The largest absolute Gasteiger partial charge is 0.385 e. The highest BCUT2D eigenvalue weighted by Crippen LogP contribution is 2.16. The third-order valence-electron chi connectivity index (χ3n) is 2.70. The van der Waals surface area contributed by atoms with E-state index >= 15 is 0 Å². The van der Waals surface area contributed by atoms with Crippen LogP contribution in [-0.2, 0) is 0 Å². The molecule has 0 aromatic rings. The van der Waals surface area contributed by atoms with Gasteiger partial charge < -0.3 is 16.2 Å². The first-order chi connectivity index (χ1) is 7.59. The highest BCUT2D eigenvalue weighted by molar-refractivity contribution is 5.78. The van der Waals surface area contributed by atoms with E-state index in [9.17, 15) is 8.78 Å². The van der Waals surface area contributed by atoms with E-state index < -0.39 is 12.5 Å². The van der Waals surface area contributed by atoms with E-state index in [2.05, 4.69) is 10.3 Å². The van der Waals surface area contributed by atoms with Crippen molar-refractivity contribution in [2.24, 2.45) is 10.7 Å². The SMILES string of the molecule is NC(=NCC(O)C(F)F)NC1CCCCC1. The topological polar surface area (TPSA) is 70.6 Å². The Kier molecular flexibility index (Phi) is 5.45. The number of aliphatic hydroxyl groups excluding tert-OH is 1. The summed E-state index contributed by atoms with van der Waals surface area (Å²) >= 11 is 0. The normalized spacial score (nSPS) is 21.1. The molecule has 0 aliphatic heterocycles. The van der Waals surface area contributed by atoms with Crippen LogP contribution in [0.15, 0.2) is 4.99 Å². The van der Waals surface area contributed by atoms with Crippen molar-refractivity contribution in [2.45, 2.75) is 50.7 Å². The molecule has 1 rings (SSSR count). The highest BCUT2D eigenvalue weighted by Gasteiger charge is 2.17. The molecule has 1 aliphatic rings. The van der Waals surface area contributed by atoms with Crippen LogP contribution in [0.25, 0.3) is 0 Å². The van der Waals surface area contributed by atoms with E-state index in [1.807, 2.05) is 0 Å². The van der Waals surface area contributed by atoms with Crippen LogP contribution in [0.4, 0.5) is 8.78 Å². The monoisotopic (exact) mass is 235 g/mol. The molecule has 0 aromatic carbocycles. The van der Waals surface area contributed by atoms with Crippen molar-refractivity contribution >= 4 is 5.96 Å². The molecule has 0 heterocycles. The molecule has 1 aliphatic carbocycles. The predicted octanol–water partition coefficient (Wildman–Crippen LogP) is 0.849. The summed E-state index contributed by atoms with van der Waals surface area (Å²) in [5.41, 5.74) is 5.54. The van der Waals surface area contributed by atoms with Crippen molar-refractivity contribution in [3.05, 3.63) is 0 Å². The van der Waals surface area contributed by atoms with Gasteiger partial charge in [-0.15, -0.1) is 0 Å². The third kappa shape index (κ3) is 4.74. The first kappa shape index (κ1) is 13.2. The van der Waals surface area contributed by atoms with Crippen LogP contribution in [0.5, 0.6) is 0 Å². The maximum absolute atomic E-state index is 12.0. The summed E-state index contributed by atoms with van der Waals surface area (Å²) in [5.74, 6) is 0.145. The Hall–Kier alpha value is -0.910. The number of guanidine groups is 1. The van der Waals surface area contributed by atoms with Crippen LogP contribution in [-0.4, -0.2) is 36.2 Å². The summed E-state index contributed by atoms with van der Waals surface area (Å²) in [7, 11) is 0. The molecule has 6 heteroatoms. The molecule has 0 spiro atoms. The van der Waals surface area contributed by atoms with Gasteiger partial charge in [-0.3, -0.25) is 4.99 Å². The molecule has 1 atom stereocenters. The number of hydrogen-bond acceptors (Lipinski definition) is 2. The average molecular weight is 235 g/mol. The van der Waals surface area contributed by atoms with Gasteiger partial charge in [0, 0.05) is 6.04 Å². The van der Waals surface area contributed by atoms with E-state index in [0.29, 0.717) is 6.04 Å². The zero-order valence-electron chi connectivity index (χ0n) is 9.20. The van der Waals surface area contributed by atoms with Gasteiger partial charge in [-0.25, -0.2) is 8.78 Å². The number of hydrogen-bond donors (Lipinski definition) is 3. The standard InChI is InChI=1S/C10H19F2N3O/c11-9(12)8(16)6-14-10(13)15-7-4-2-1-3-5-7/h7-9,16H,1-6H2,(H3,13,14,15). The molecule has 1 fully saturated rings. The average Bonchev–Trinajstić information content (AvgIpc) is 2.27. The lowest BCUT2D eigenvalue weighted by molar-refractivity contribution is 0.00174. The van der Waals surface area contributed by atoms with Crippen molar-refractivity contribution in [2.75, 3.05) is 6.54 Å². The zero-order chi connectivity index (χ0) is 12.0. The molecule has 1 saturated carbocycles. The fourth-order valence-electron chi connectivity index (χ4n) is 1.77. The van der Waals surface area contributed by atoms with Gasteiger partial charge in [0.1, 0.15) is 6.10 Å². The van der Waals surface area contributed by atoms with Crippen molar-refractivity contribution in [3.63, 3.8) is 0 Å². The maximum Gasteiger partial charge on any atom is 0.265 e. The Morgan fingerprint density at radius 1 is 1.38 bits per heavy atom. The minimum absolute atomic E-state index is 0.145. The second-order valence-corrected chi connectivity index (χ2v) is 4.11. The summed E-state index contributed by atoms with van der Waals surface area (Å²) in [6.45, 7) is -0.358. The van der Waals surface area contributed by atoms with Gasteiger partial charge in [0.2, 0.25) is 0 Å². The van der Waals surface area contributed by atoms with Gasteiger partial charge in [-0.05, 0) is 12.8 Å². The van der Waals surface area contributed by atoms with E-state index in [-0.39, 0.29) is 12.5 Å². The second-order valence-electron chi connectivity index (χ2n) is 4.11. The lowest BCUT2D eigenvalue weighted by Gasteiger charge is -2.23. The number of nitrogens with two attached hydrogens (primary N) is 1. The molecule has 94 valence electrons. The molecule has 16 heavy (non-hydrogen) atoms. The first-order valence-electron chi connectivity index (χ1n) is 5.62. The highest BCUT2D eigenvalue weighted by atomic mass is 19.3. The quantitative estimate of drug-likeness (QED) is 0.499. The number of nitrogens with zero attached hydrogens (tertiary/aromatic N) is 1. The number of rotatable bonds is 4. The molecule has 0 bridgehead atoms. The van der Waals surface area contributed by atoms with Gasteiger partial charge >= 0.3 is 0 Å². The van der Waals surface area contributed by atoms with Crippen molar-refractivity contribution in [1.29, 1.82) is 0 Å². The Morgan fingerprint density at radius 3 is 2.56 bits per heavy atom. The molecule has 0 radical (unpaired) electrons. The summed E-state index contributed by atoms with van der Waals surface area (Å²) in [5, 5.41) is 11.8. The number of nitrogens with one attached hydrogen (secondary N) is 1. The Morgan fingerprint density at radius 2 is 2.00 bits per heavy atom. The van der Waals surface area contributed by atoms with E-state index in [1.165, 1.54) is 6.42 Å². The van der Waals surface area contributed by atoms with Crippen LogP contribution < -0.4 is 11.1 Å². The van der Waals surface area contributed by atoms with E-state index in [0.717, 1.165) is 25.7 Å². The summed E-state index contributed by atoms with van der Waals surface area (Å²) in [6.07, 6.45) is 1.12. The van der Waals surface area contributed by atoms with Crippen LogP contribution in [0.1, 0.15) is 32.1 Å². The van der Waals surface area contributed by atoms with Crippen LogP contribution in [0.3, 0.4) is 0 Å². The maximum atomic E-state index is 12.0. The molecule has 4 nitrogen and oxygen atoms in total. The van der Waals surface area contributed by atoms with Gasteiger partial charge in [0.25, 0.3) is 6.43 Å². The number of aliphatic imine (C=N–C) groups is 1. The molecule has 4 N–H and O–H groups in total. The fourth-order valence-corrected chi connectivity index (χ4v) is 1.77. The van der Waals surface area contributed by atoms with Crippen molar-refractivity contribution in [1.82, 2.24) is 5.32 Å². The molecule has 0 amide bonds. The van der Waals surface area contributed by atoms with Gasteiger partial charge in [0.05, 0.1) is 6.54 Å². The first-order valence-corrected chi connectivity index (χ1v) is 5.62. The van der Waals surface area contributed by atoms with Crippen LogP contribution >= 0.6 is 0 Å². The van der Waals surface area contributed by atoms with Crippen molar-refractivity contribution in [3.8, 4) is 0 Å². The second kappa shape index (κ2) is 6.62.